The molecule has 1 saturated heterocycles. The monoisotopic (exact) mass is 442 g/mol. The predicted molar refractivity (Wildman–Crippen MR) is 120 cm³/mol. The molecule has 0 bridgehead atoms. The first kappa shape index (κ1) is 21.6. The van der Waals surface area contributed by atoms with Gasteiger partial charge in [-0.25, -0.2) is 4.39 Å². The highest BCUT2D eigenvalue weighted by molar-refractivity contribution is 5.73. The van der Waals surface area contributed by atoms with E-state index in [0.29, 0.717) is 25.3 Å². The zero-order chi connectivity index (χ0) is 22.3. The van der Waals surface area contributed by atoms with Crippen molar-refractivity contribution in [2.75, 3.05) is 39.4 Å². The van der Waals surface area contributed by atoms with Crippen LogP contribution in [0.2, 0.25) is 0 Å². The molecule has 1 N–H and O–H groups in total. The van der Waals surface area contributed by atoms with Gasteiger partial charge in [-0.15, -0.1) is 10.2 Å². The lowest BCUT2D eigenvalue weighted by molar-refractivity contribution is 0.00825. The van der Waals surface area contributed by atoms with Crippen LogP contribution >= 0.6 is 0 Å². The molecule has 1 aromatic carbocycles. The number of ether oxygens (including phenoxy) is 3. The number of halogens is 1. The van der Waals surface area contributed by atoms with Gasteiger partial charge in [0.15, 0.2) is 12.6 Å². The minimum Gasteiger partial charge on any atom is -0.467 e. The molecule has 1 aromatic heterocycles. The fraction of sp³-hybridized carbons (Fsp3) is 0.583. The van der Waals surface area contributed by atoms with E-state index < -0.39 is 6.17 Å². The smallest absolute Gasteiger partial charge is 0.188 e. The van der Waals surface area contributed by atoms with Crippen LogP contribution in [0.5, 0.6) is 5.75 Å². The van der Waals surface area contributed by atoms with Crippen molar-refractivity contribution < 1.29 is 18.6 Å². The summed E-state index contributed by atoms with van der Waals surface area (Å²) in [6, 6.07) is 6.05. The molecule has 7 nitrogen and oxygen atoms in total. The van der Waals surface area contributed by atoms with E-state index in [9.17, 15) is 4.39 Å². The maximum Gasteiger partial charge on any atom is 0.188 e. The number of fused-ring (bicyclic) bond motifs is 1. The number of likely N-dealkylation sites (N-methyl/N-ethyl adjacent to an activating group) is 1. The molecule has 32 heavy (non-hydrogen) atoms. The highest BCUT2D eigenvalue weighted by Crippen LogP contribution is 2.49. The van der Waals surface area contributed by atoms with Gasteiger partial charge >= 0.3 is 0 Å². The Morgan fingerprint density at radius 1 is 1.25 bits per heavy atom. The van der Waals surface area contributed by atoms with E-state index in [4.69, 9.17) is 14.2 Å². The first-order chi connectivity index (χ1) is 15.5. The number of nitrogens with zero attached hydrogens (tertiary/aromatic N) is 3. The van der Waals surface area contributed by atoms with Gasteiger partial charge in [0, 0.05) is 55.8 Å². The number of likely N-dealkylation sites (tertiary alicyclic amines) is 1. The lowest BCUT2D eigenvalue weighted by atomic mass is 9.93. The van der Waals surface area contributed by atoms with Crippen molar-refractivity contribution in [1.29, 1.82) is 0 Å². The van der Waals surface area contributed by atoms with E-state index in [-0.39, 0.29) is 18.4 Å². The van der Waals surface area contributed by atoms with Gasteiger partial charge in [-0.2, -0.15) is 0 Å². The van der Waals surface area contributed by atoms with E-state index in [1.165, 1.54) is 0 Å². The van der Waals surface area contributed by atoms with Crippen LogP contribution in [0.4, 0.5) is 10.2 Å². The lowest BCUT2D eigenvalue weighted by Gasteiger charge is -2.34. The molecular formula is C24H31FN4O3. The van der Waals surface area contributed by atoms with Crippen molar-refractivity contribution >= 4 is 5.82 Å². The van der Waals surface area contributed by atoms with Crippen LogP contribution in [0, 0.1) is 6.92 Å². The van der Waals surface area contributed by atoms with Gasteiger partial charge in [-0.1, -0.05) is 6.07 Å². The zero-order valence-electron chi connectivity index (χ0n) is 19.0. The summed E-state index contributed by atoms with van der Waals surface area (Å²) < 4.78 is 31.4. The van der Waals surface area contributed by atoms with Gasteiger partial charge in [0.05, 0.1) is 12.2 Å². The number of aromatic nitrogens is 2. The molecule has 8 heteroatoms. The number of hydrogen-bond acceptors (Lipinski definition) is 7. The van der Waals surface area contributed by atoms with E-state index >= 15 is 0 Å². The normalized spacial score (nSPS) is 24.2. The van der Waals surface area contributed by atoms with Gasteiger partial charge in [-0.05, 0) is 44.5 Å². The molecule has 1 spiro atoms. The topological polar surface area (TPSA) is 68.7 Å². The number of hydrogen-bond donors (Lipinski definition) is 1. The van der Waals surface area contributed by atoms with E-state index in [2.05, 4.69) is 15.5 Å². The molecule has 0 amide bonds. The Hall–Kier alpha value is -2.29. The first-order valence-electron chi connectivity index (χ1n) is 11.3. The quantitative estimate of drug-likeness (QED) is 0.687. The third-order valence-corrected chi connectivity index (χ3v) is 6.66. The van der Waals surface area contributed by atoms with Gasteiger partial charge in [-0.3, -0.25) is 0 Å². The van der Waals surface area contributed by atoms with Crippen LogP contribution < -0.4 is 10.1 Å². The van der Waals surface area contributed by atoms with E-state index in [1.807, 2.05) is 37.1 Å². The molecule has 172 valence electrons. The molecular weight excluding hydrogens is 411 g/mol. The van der Waals surface area contributed by atoms with E-state index in [1.54, 1.807) is 7.11 Å². The lowest BCUT2D eigenvalue weighted by Crippen LogP contribution is -2.45. The number of aryl methyl sites for hydroxylation is 1. The third kappa shape index (κ3) is 4.31. The number of rotatable bonds is 6. The first-order valence-corrected chi connectivity index (χ1v) is 11.3. The second kappa shape index (κ2) is 8.57. The minimum atomic E-state index is -0.833. The fourth-order valence-electron chi connectivity index (χ4n) is 4.86. The average molecular weight is 443 g/mol. The summed E-state index contributed by atoms with van der Waals surface area (Å²) in [6.07, 6.45) is 2.58. The molecule has 5 rings (SSSR count). The number of alkyl halides is 1. The van der Waals surface area contributed by atoms with Gasteiger partial charge in [0.25, 0.3) is 0 Å². The summed E-state index contributed by atoms with van der Waals surface area (Å²) >= 11 is 0. The second-order valence-electron chi connectivity index (χ2n) is 9.45. The molecule has 2 aliphatic heterocycles. The highest BCUT2D eigenvalue weighted by atomic mass is 19.1. The summed E-state index contributed by atoms with van der Waals surface area (Å²) in [5.41, 5.74) is 4.84. The number of methoxy groups -OCH3 is 1. The standard InChI is InChI=1S/C24H31FN4O3/c1-15-4-5-18(21(8-15)31-14-30-3)22-20-13-32-24(6-7-24)10-19(20)23(28-27-22)26-17-9-16(25)11-29(2)12-17/h4-5,8,16-17H,6-7,9-14H2,1-3H3,(H,26,28)/t16-,17-/m1/s1. The van der Waals surface area contributed by atoms with Crippen molar-refractivity contribution in [2.24, 2.45) is 0 Å². The molecule has 0 unspecified atom stereocenters. The Balaban J connectivity index is 1.52. The molecule has 0 radical (unpaired) electrons. The number of benzene rings is 1. The average Bonchev–Trinajstić information content (AvgIpc) is 3.51. The van der Waals surface area contributed by atoms with Crippen molar-refractivity contribution in [3.8, 4) is 17.0 Å². The Morgan fingerprint density at radius 3 is 2.84 bits per heavy atom. The minimum absolute atomic E-state index is 0.00553. The zero-order valence-corrected chi connectivity index (χ0v) is 19.0. The fourth-order valence-corrected chi connectivity index (χ4v) is 4.86. The summed E-state index contributed by atoms with van der Waals surface area (Å²) in [5, 5.41) is 12.7. The van der Waals surface area contributed by atoms with Gasteiger partial charge in [0.1, 0.15) is 17.6 Å². The predicted octanol–water partition coefficient (Wildman–Crippen LogP) is 3.49. The SMILES string of the molecule is COCOc1cc(C)ccc1-c1nnc(N[C@@H]2C[C@@H](F)CN(C)C2)c2c1COC1(CC1)C2. The highest BCUT2D eigenvalue weighted by Gasteiger charge is 2.48. The molecule has 3 heterocycles. The van der Waals surface area contributed by atoms with Crippen LogP contribution in [-0.2, 0) is 22.5 Å². The maximum absolute atomic E-state index is 14.2. The molecule has 2 aromatic rings. The molecule has 3 aliphatic rings. The Bertz CT molecular complexity index is 987. The van der Waals surface area contributed by atoms with Crippen LogP contribution in [0.1, 0.15) is 36.0 Å². The van der Waals surface area contributed by atoms with Crippen molar-refractivity contribution in [2.45, 2.75) is 57.0 Å². The number of anilines is 1. The van der Waals surface area contributed by atoms with Crippen molar-refractivity contribution in [3.05, 3.63) is 34.9 Å². The van der Waals surface area contributed by atoms with Crippen LogP contribution in [0.3, 0.4) is 0 Å². The Morgan fingerprint density at radius 2 is 2.09 bits per heavy atom. The largest absolute Gasteiger partial charge is 0.467 e. The summed E-state index contributed by atoms with van der Waals surface area (Å²) in [4.78, 5) is 2.03. The third-order valence-electron chi connectivity index (χ3n) is 6.66. The number of nitrogens with one attached hydrogen (secondary N) is 1. The van der Waals surface area contributed by atoms with Crippen LogP contribution in [0.25, 0.3) is 11.3 Å². The summed E-state index contributed by atoms with van der Waals surface area (Å²) in [5.74, 6) is 1.47. The van der Waals surface area contributed by atoms with Gasteiger partial charge < -0.3 is 24.4 Å². The Kier molecular flexibility index (Phi) is 5.77. The van der Waals surface area contributed by atoms with Crippen molar-refractivity contribution in [1.82, 2.24) is 15.1 Å². The molecule has 2 fully saturated rings. The van der Waals surface area contributed by atoms with Crippen LogP contribution in [-0.4, -0.2) is 67.0 Å². The molecule has 2 atom stereocenters. The van der Waals surface area contributed by atoms with Gasteiger partial charge in [0.2, 0.25) is 0 Å². The molecule has 1 saturated carbocycles. The Labute approximate surface area is 188 Å². The number of piperidine rings is 1. The van der Waals surface area contributed by atoms with Crippen molar-refractivity contribution in [3.63, 3.8) is 0 Å². The van der Waals surface area contributed by atoms with Crippen LogP contribution in [0.15, 0.2) is 18.2 Å². The second-order valence-corrected chi connectivity index (χ2v) is 9.45. The summed E-state index contributed by atoms with van der Waals surface area (Å²) in [7, 11) is 3.56. The van der Waals surface area contributed by atoms with E-state index in [0.717, 1.165) is 59.6 Å². The maximum atomic E-state index is 14.2. The summed E-state index contributed by atoms with van der Waals surface area (Å²) in [6.45, 7) is 3.94. The molecule has 1 aliphatic carbocycles.